The molecule has 0 saturated carbocycles. The van der Waals surface area contributed by atoms with Gasteiger partial charge in [0.1, 0.15) is 0 Å². The molecule has 0 aliphatic carbocycles. The van der Waals surface area contributed by atoms with Crippen molar-refractivity contribution in [2.45, 2.75) is 37.9 Å². The third-order valence-electron chi connectivity index (χ3n) is 3.06. The summed E-state index contributed by atoms with van der Waals surface area (Å²) in [6, 6.07) is 9.71. The van der Waals surface area contributed by atoms with E-state index in [1.165, 1.54) is 0 Å². The highest BCUT2D eigenvalue weighted by Crippen LogP contribution is 2.24. The molecule has 1 aromatic heterocycles. The van der Waals surface area contributed by atoms with Crippen molar-refractivity contribution < 1.29 is 5.11 Å². The van der Waals surface area contributed by atoms with Crippen molar-refractivity contribution >= 4 is 11.8 Å². The summed E-state index contributed by atoms with van der Waals surface area (Å²) in [6.45, 7) is 5.16. The zero-order chi connectivity index (χ0) is 15.2. The standard InChI is InChI=1S/C16H19N3OS/c1-12(2)9-19-15(10-20)8-18-16(19)21-11-14-5-3-13(7-17)4-6-14/h3-6,8,12,20H,9-11H2,1-2H3. The number of hydrogen-bond donors (Lipinski definition) is 1. The molecule has 4 nitrogen and oxygen atoms in total. The van der Waals surface area contributed by atoms with E-state index in [4.69, 9.17) is 5.26 Å². The fourth-order valence-corrected chi connectivity index (χ4v) is 2.98. The normalized spacial score (nSPS) is 10.8. The molecule has 2 aromatic rings. The Morgan fingerprint density at radius 2 is 2.05 bits per heavy atom. The number of imidazole rings is 1. The van der Waals surface area contributed by atoms with E-state index < -0.39 is 0 Å². The Morgan fingerprint density at radius 1 is 1.33 bits per heavy atom. The van der Waals surface area contributed by atoms with Gasteiger partial charge in [-0.05, 0) is 23.6 Å². The van der Waals surface area contributed by atoms with E-state index >= 15 is 0 Å². The first kappa shape index (κ1) is 15.6. The van der Waals surface area contributed by atoms with Gasteiger partial charge in [-0.2, -0.15) is 5.26 Å². The molecule has 2 rings (SSSR count). The maximum atomic E-state index is 9.39. The highest BCUT2D eigenvalue weighted by Gasteiger charge is 2.11. The summed E-state index contributed by atoms with van der Waals surface area (Å²) in [7, 11) is 0. The van der Waals surface area contributed by atoms with Gasteiger partial charge >= 0.3 is 0 Å². The number of aliphatic hydroxyl groups is 1. The van der Waals surface area contributed by atoms with Gasteiger partial charge in [0.15, 0.2) is 5.16 Å². The van der Waals surface area contributed by atoms with E-state index in [-0.39, 0.29) is 6.61 Å². The van der Waals surface area contributed by atoms with Gasteiger partial charge in [0.25, 0.3) is 0 Å². The summed E-state index contributed by atoms with van der Waals surface area (Å²) in [5.74, 6) is 1.30. The van der Waals surface area contributed by atoms with E-state index in [1.807, 2.05) is 24.3 Å². The number of hydrogen-bond acceptors (Lipinski definition) is 4. The molecule has 21 heavy (non-hydrogen) atoms. The number of rotatable bonds is 6. The van der Waals surface area contributed by atoms with Crippen LogP contribution in [-0.4, -0.2) is 14.7 Å². The lowest BCUT2D eigenvalue weighted by Crippen LogP contribution is -2.09. The second-order valence-corrected chi connectivity index (χ2v) is 6.23. The Hall–Kier alpha value is -1.77. The van der Waals surface area contributed by atoms with Crippen LogP contribution in [0.25, 0.3) is 0 Å². The molecule has 0 aliphatic rings. The quantitative estimate of drug-likeness (QED) is 0.832. The van der Waals surface area contributed by atoms with Crippen LogP contribution in [0, 0.1) is 17.2 Å². The monoisotopic (exact) mass is 301 g/mol. The van der Waals surface area contributed by atoms with Gasteiger partial charge in [0.05, 0.1) is 30.1 Å². The largest absolute Gasteiger partial charge is 0.390 e. The lowest BCUT2D eigenvalue weighted by Gasteiger charge is -2.12. The smallest absolute Gasteiger partial charge is 0.168 e. The van der Waals surface area contributed by atoms with Gasteiger partial charge < -0.3 is 9.67 Å². The summed E-state index contributed by atoms with van der Waals surface area (Å²) < 4.78 is 2.08. The van der Waals surface area contributed by atoms with E-state index in [0.29, 0.717) is 11.5 Å². The molecule has 110 valence electrons. The molecule has 0 unspecified atom stereocenters. The highest BCUT2D eigenvalue weighted by molar-refractivity contribution is 7.98. The molecule has 0 saturated heterocycles. The molecule has 0 bridgehead atoms. The lowest BCUT2D eigenvalue weighted by molar-refractivity contribution is 0.266. The number of aromatic nitrogens is 2. The molecule has 0 fully saturated rings. The average Bonchev–Trinajstić information content (AvgIpc) is 2.87. The second-order valence-electron chi connectivity index (χ2n) is 5.29. The molecular weight excluding hydrogens is 282 g/mol. The van der Waals surface area contributed by atoms with Crippen LogP contribution in [0.3, 0.4) is 0 Å². The van der Waals surface area contributed by atoms with Crippen molar-refractivity contribution in [1.82, 2.24) is 9.55 Å². The predicted molar refractivity (Wildman–Crippen MR) is 83.7 cm³/mol. The summed E-state index contributed by atoms with van der Waals surface area (Å²) in [4.78, 5) is 4.40. The number of benzene rings is 1. The van der Waals surface area contributed by atoms with Crippen LogP contribution < -0.4 is 0 Å². The van der Waals surface area contributed by atoms with Crippen LogP contribution in [0.5, 0.6) is 0 Å². The third-order valence-corrected chi connectivity index (χ3v) is 4.12. The first-order valence-electron chi connectivity index (χ1n) is 6.91. The molecule has 1 heterocycles. The van der Waals surface area contributed by atoms with E-state index in [0.717, 1.165) is 28.7 Å². The Kier molecular flexibility index (Phi) is 5.43. The Labute approximate surface area is 129 Å². The molecule has 1 N–H and O–H groups in total. The van der Waals surface area contributed by atoms with Crippen molar-refractivity contribution in [3.63, 3.8) is 0 Å². The SMILES string of the molecule is CC(C)Cn1c(CO)cnc1SCc1ccc(C#N)cc1. The van der Waals surface area contributed by atoms with Crippen molar-refractivity contribution in [2.24, 2.45) is 5.92 Å². The zero-order valence-electron chi connectivity index (χ0n) is 12.3. The van der Waals surface area contributed by atoms with Gasteiger partial charge in [-0.1, -0.05) is 37.7 Å². The van der Waals surface area contributed by atoms with Crippen molar-refractivity contribution in [1.29, 1.82) is 5.26 Å². The van der Waals surface area contributed by atoms with Crippen molar-refractivity contribution in [3.8, 4) is 6.07 Å². The van der Waals surface area contributed by atoms with E-state index in [9.17, 15) is 5.11 Å². The van der Waals surface area contributed by atoms with E-state index in [2.05, 4.69) is 29.5 Å². The fourth-order valence-electron chi connectivity index (χ4n) is 2.02. The molecule has 0 spiro atoms. The molecule has 0 aliphatic heterocycles. The molecular formula is C16H19N3OS. The van der Waals surface area contributed by atoms with Gasteiger partial charge in [-0.25, -0.2) is 4.98 Å². The number of nitriles is 1. The summed E-state index contributed by atoms with van der Waals surface area (Å²) in [5.41, 5.74) is 2.68. The predicted octanol–water partition coefficient (Wildman–Crippen LogP) is 3.20. The zero-order valence-corrected chi connectivity index (χ0v) is 13.1. The summed E-state index contributed by atoms with van der Waals surface area (Å²) in [6.07, 6.45) is 1.74. The van der Waals surface area contributed by atoms with Crippen LogP contribution >= 0.6 is 11.8 Å². The maximum absolute atomic E-state index is 9.39. The van der Waals surface area contributed by atoms with Crippen LogP contribution in [0.15, 0.2) is 35.6 Å². The highest BCUT2D eigenvalue weighted by atomic mass is 32.2. The second kappa shape index (κ2) is 7.30. The Bertz CT molecular complexity index is 626. The van der Waals surface area contributed by atoms with Crippen molar-refractivity contribution in [2.75, 3.05) is 0 Å². The van der Waals surface area contributed by atoms with Gasteiger partial charge in [-0.3, -0.25) is 0 Å². The minimum atomic E-state index is 0.0111. The molecule has 0 atom stereocenters. The van der Waals surface area contributed by atoms with Crippen LogP contribution in [0.2, 0.25) is 0 Å². The minimum absolute atomic E-state index is 0.0111. The maximum Gasteiger partial charge on any atom is 0.168 e. The first-order chi connectivity index (χ1) is 10.1. The molecule has 1 aromatic carbocycles. The van der Waals surface area contributed by atoms with Gasteiger partial charge in [0, 0.05) is 12.3 Å². The molecule has 5 heteroatoms. The summed E-state index contributed by atoms with van der Waals surface area (Å²) >= 11 is 1.65. The topological polar surface area (TPSA) is 61.8 Å². The van der Waals surface area contributed by atoms with Gasteiger partial charge in [0.2, 0.25) is 0 Å². The Balaban J connectivity index is 2.08. The third kappa shape index (κ3) is 4.10. The van der Waals surface area contributed by atoms with Crippen LogP contribution in [0.4, 0.5) is 0 Å². The Morgan fingerprint density at radius 3 is 2.62 bits per heavy atom. The molecule has 0 radical (unpaired) electrons. The van der Waals surface area contributed by atoms with Crippen LogP contribution in [-0.2, 0) is 18.9 Å². The van der Waals surface area contributed by atoms with Crippen LogP contribution in [0.1, 0.15) is 30.7 Å². The first-order valence-corrected chi connectivity index (χ1v) is 7.89. The number of aliphatic hydroxyl groups excluding tert-OH is 1. The number of nitrogens with zero attached hydrogens (tertiary/aromatic N) is 3. The average molecular weight is 301 g/mol. The molecule has 0 amide bonds. The summed E-state index contributed by atoms with van der Waals surface area (Å²) in [5, 5.41) is 19.1. The van der Waals surface area contributed by atoms with Crippen molar-refractivity contribution in [3.05, 3.63) is 47.3 Å². The number of thioether (sulfide) groups is 1. The fraction of sp³-hybridized carbons (Fsp3) is 0.375. The van der Waals surface area contributed by atoms with E-state index in [1.54, 1.807) is 18.0 Å². The minimum Gasteiger partial charge on any atom is -0.390 e. The van der Waals surface area contributed by atoms with Gasteiger partial charge in [-0.15, -0.1) is 0 Å². The lowest BCUT2D eigenvalue weighted by atomic mass is 10.2.